The third kappa shape index (κ3) is 3.44. The van der Waals surface area contributed by atoms with Gasteiger partial charge in [0.1, 0.15) is 0 Å². The second-order valence-electron chi connectivity index (χ2n) is 7.15. The van der Waals surface area contributed by atoms with E-state index < -0.39 is 0 Å². The molecule has 3 aromatic rings. The van der Waals surface area contributed by atoms with Crippen LogP contribution in [0.5, 0.6) is 11.5 Å². The van der Waals surface area contributed by atoms with Gasteiger partial charge in [0, 0.05) is 24.2 Å². The number of rotatable bonds is 5. The Morgan fingerprint density at radius 1 is 1.10 bits per heavy atom. The van der Waals surface area contributed by atoms with Gasteiger partial charge in [0.05, 0.1) is 20.1 Å². The van der Waals surface area contributed by atoms with Crippen LogP contribution in [0.2, 0.25) is 0 Å². The number of nitrogens with zero attached hydrogens (tertiary/aromatic N) is 3. The number of amides is 1. The molecular formula is C22H23N3O4. The average Bonchev–Trinajstić information content (AvgIpc) is 3.36. The van der Waals surface area contributed by atoms with Gasteiger partial charge in [-0.05, 0) is 49.2 Å². The molecule has 1 amide bonds. The number of aryl methyl sites for hydroxylation is 1. The van der Waals surface area contributed by atoms with E-state index in [2.05, 4.69) is 10.1 Å². The second-order valence-corrected chi connectivity index (χ2v) is 7.15. The van der Waals surface area contributed by atoms with Gasteiger partial charge < -0.3 is 18.9 Å². The molecule has 1 saturated heterocycles. The number of carbonyl (C=O) groups excluding carboxylic acids is 1. The van der Waals surface area contributed by atoms with Crippen LogP contribution in [0.4, 0.5) is 5.69 Å². The number of anilines is 1. The first-order valence-electron chi connectivity index (χ1n) is 9.44. The lowest BCUT2D eigenvalue weighted by molar-refractivity contribution is -0.117. The number of benzene rings is 2. The number of aromatic nitrogens is 2. The summed E-state index contributed by atoms with van der Waals surface area (Å²) >= 11 is 0. The summed E-state index contributed by atoms with van der Waals surface area (Å²) in [6, 6.07) is 11.4. The van der Waals surface area contributed by atoms with Crippen molar-refractivity contribution in [2.45, 2.75) is 26.2 Å². The zero-order chi connectivity index (χ0) is 20.5. The predicted molar refractivity (Wildman–Crippen MR) is 108 cm³/mol. The quantitative estimate of drug-likeness (QED) is 0.654. The normalized spacial score (nSPS) is 16.3. The van der Waals surface area contributed by atoms with Crippen molar-refractivity contribution in [3.05, 3.63) is 53.4 Å². The Balaban J connectivity index is 1.58. The molecular weight excluding hydrogens is 370 g/mol. The summed E-state index contributed by atoms with van der Waals surface area (Å²) in [5, 5.41) is 4.10. The molecule has 7 nitrogen and oxygen atoms in total. The highest BCUT2D eigenvalue weighted by molar-refractivity contribution is 5.97. The first-order chi connectivity index (χ1) is 14.0. The minimum atomic E-state index is -0.135. The average molecular weight is 393 g/mol. The summed E-state index contributed by atoms with van der Waals surface area (Å²) in [7, 11) is 3.16. The highest BCUT2D eigenvalue weighted by atomic mass is 16.5. The largest absolute Gasteiger partial charge is 0.493 e. The van der Waals surface area contributed by atoms with Crippen molar-refractivity contribution in [3.8, 4) is 22.9 Å². The molecule has 0 N–H and O–H groups in total. The fourth-order valence-corrected chi connectivity index (χ4v) is 3.63. The van der Waals surface area contributed by atoms with Crippen molar-refractivity contribution >= 4 is 11.6 Å². The van der Waals surface area contributed by atoms with Gasteiger partial charge in [-0.3, -0.25) is 4.79 Å². The summed E-state index contributed by atoms with van der Waals surface area (Å²) in [5.41, 5.74) is 3.97. The predicted octanol–water partition coefficient (Wildman–Crippen LogP) is 3.89. The summed E-state index contributed by atoms with van der Waals surface area (Å²) in [4.78, 5) is 19.0. The van der Waals surface area contributed by atoms with Gasteiger partial charge in [0.25, 0.3) is 0 Å². The minimum absolute atomic E-state index is 0.0644. The van der Waals surface area contributed by atoms with Crippen molar-refractivity contribution in [1.29, 1.82) is 0 Å². The maximum atomic E-state index is 12.7. The Bertz CT molecular complexity index is 1060. The minimum Gasteiger partial charge on any atom is -0.493 e. The standard InChI is InChI=1S/C22H23N3O4/c1-13-6-5-7-17(14(13)2)25-12-16(11-20(25)26)22-23-21(24-29-22)15-8-9-18(27-3)19(10-15)28-4/h5-10,16H,11-12H2,1-4H3. The summed E-state index contributed by atoms with van der Waals surface area (Å²) < 4.78 is 16.1. The molecule has 1 aromatic heterocycles. The van der Waals surface area contributed by atoms with Gasteiger partial charge in [-0.2, -0.15) is 4.98 Å². The van der Waals surface area contributed by atoms with Crippen LogP contribution in [-0.4, -0.2) is 36.8 Å². The fourth-order valence-electron chi connectivity index (χ4n) is 3.63. The lowest BCUT2D eigenvalue weighted by Gasteiger charge is -2.19. The van der Waals surface area contributed by atoms with Gasteiger partial charge in [-0.1, -0.05) is 17.3 Å². The van der Waals surface area contributed by atoms with E-state index in [1.54, 1.807) is 26.4 Å². The molecule has 2 heterocycles. The molecule has 1 aliphatic heterocycles. The zero-order valence-corrected chi connectivity index (χ0v) is 16.9. The molecule has 4 rings (SSSR count). The molecule has 1 unspecified atom stereocenters. The summed E-state index contributed by atoms with van der Waals surface area (Å²) in [5.74, 6) is 2.08. The molecule has 29 heavy (non-hydrogen) atoms. The Morgan fingerprint density at radius 3 is 2.66 bits per heavy atom. The molecule has 0 aliphatic carbocycles. The maximum absolute atomic E-state index is 12.7. The number of methoxy groups -OCH3 is 2. The van der Waals surface area contributed by atoms with Gasteiger partial charge in [-0.25, -0.2) is 0 Å². The van der Waals surface area contributed by atoms with Crippen LogP contribution in [-0.2, 0) is 4.79 Å². The molecule has 150 valence electrons. The van der Waals surface area contributed by atoms with E-state index >= 15 is 0 Å². The van der Waals surface area contributed by atoms with Crippen LogP contribution in [0.15, 0.2) is 40.9 Å². The van der Waals surface area contributed by atoms with E-state index in [1.165, 1.54) is 0 Å². The monoisotopic (exact) mass is 393 g/mol. The van der Waals surface area contributed by atoms with E-state index in [9.17, 15) is 4.79 Å². The van der Waals surface area contributed by atoms with Crippen molar-refractivity contribution in [3.63, 3.8) is 0 Å². The van der Waals surface area contributed by atoms with E-state index in [4.69, 9.17) is 14.0 Å². The van der Waals surface area contributed by atoms with Crippen LogP contribution in [0.1, 0.15) is 29.4 Å². The number of carbonyl (C=O) groups is 1. The highest BCUT2D eigenvalue weighted by Gasteiger charge is 2.35. The Labute approximate surface area is 169 Å². The molecule has 0 radical (unpaired) electrons. The lowest BCUT2D eigenvalue weighted by Crippen LogP contribution is -2.25. The van der Waals surface area contributed by atoms with Crippen LogP contribution in [0, 0.1) is 13.8 Å². The molecule has 0 saturated carbocycles. The van der Waals surface area contributed by atoms with Gasteiger partial charge in [0.2, 0.25) is 17.6 Å². The van der Waals surface area contributed by atoms with Crippen LogP contribution >= 0.6 is 0 Å². The summed E-state index contributed by atoms with van der Waals surface area (Å²) in [6.45, 7) is 4.61. The Morgan fingerprint density at radius 2 is 1.90 bits per heavy atom. The smallest absolute Gasteiger partial charge is 0.232 e. The third-order valence-corrected chi connectivity index (χ3v) is 5.42. The molecule has 7 heteroatoms. The Hall–Kier alpha value is -3.35. The zero-order valence-electron chi connectivity index (χ0n) is 16.9. The molecule has 1 atom stereocenters. The van der Waals surface area contributed by atoms with Gasteiger partial charge >= 0.3 is 0 Å². The van der Waals surface area contributed by atoms with E-state index in [-0.39, 0.29) is 11.8 Å². The lowest BCUT2D eigenvalue weighted by atomic mass is 10.1. The number of ether oxygens (including phenoxy) is 2. The first kappa shape index (κ1) is 19.0. The molecule has 2 aromatic carbocycles. The van der Waals surface area contributed by atoms with Crippen molar-refractivity contribution in [2.24, 2.45) is 0 Å². The van der Waals surface area contributed by atoms with Crippen molar-refractivity contribution in [1.82, 2.24) is 10.1 Å². The number of hydrogen-bond acceptors (Lipinski definition) is 6. The van der Waals surface area contributed by atoms with Crippen LogP contribution < -0.4 is 14.4 Å². The topological polar surface area (TPSA) is 77.7 Å². The van der Waals surface area contributed by atoms with E-state index in [0.29, 0.717) is 36.2 Å². The van der Waals surface area contributed by atoms with E-state index in [1.807, 2.05) is 43.0 Å². The van der Waals surface area contributed by atoms with Gasteiger partial charge in [-0.15, -0.1) is 0 Å². The third-order valence-electron chi connectivity index (χ3n) is 5.42. The molecule has 0 spiro atoms. The molecule has 1 aliphatic rings. The van der Waals surface area contributed by atoms with Crippen LogP contribution in [0.3, 0.4) is 0 Å². The molecule has 1 fully saturated rings. The van der Waals surface area contributed by atoms with Crippen molar-refractivity contribution in [2.75, 3.05) is 25.7 Å². The summed E-state index contributed by atoms with van der Waals surface area (Å²) in [6.07, 6.45) is 0.348. The van der Waals surface area contributed by atoms with E-state index in [0.717, 1.165) is 22.4 Å². The SMILES string of the molecule is COc1ccc(-c2noc(C3CC(=O)N(c4cccc(C)c4C)C3)n2)cc1OC. The highest BCUT2D eigenvalue weighted by Crippen LogP contribution is 2.35. The second kappa shape index (κ2) is 7.58. The number of hydrogen-bond donors (Lipinski definition) is 0. The maximum Gasteiger partial charge on any atom is 0.232 e. The Kier molecular flexibility index (Phi) is 4.96. The van der Waals surface area contributed by atoms with Gasteiger partial charge in [0.15, 0.2) is 11.5 Å². The molecule has 0 bridgehead atoms. The first-order valence-corrected chi connectivity index (χ1v) is 9.44. The van der Waals surface area contributed by atoms with Crippen LogP contribution in [0.25, 0.3) is 11.4 Å². The van der Waals surface area contributed by atoms with Crippen molar-refractivity contribution < 1.29 is 18.8 Å². The fraction of sp³-hybridized carbons (Fsp3) is 0.318.